The monoisotopic (exact) mass is 481 g/mol. The van der Waals surface area contributed by atoms with Gasteiger partial charge < -0.3 is 14.8 Å². The molecule has 0 unspecified atom stereocenters. The Kier molecular flexibility index (Phi) is 7.63. The van der Waals surface area contributed by atoms with Crippen LogP contribution in [0.2, 0.25) is 0 Å². The molecule has 0 saturated heterocycles. The molecule has 0 radical (unpaired) electrons. The van der Waals surface area contributed by atoms with Gasteiger partial charge in [-0.25, -0.2) is 14.6 Å². The van der Waals surface area contributed by atoms with Gasteiger partial charge in [-0.05, 0) is 50.5 Å². The molecule has 7 nitrogen and oxygen atoms in total. The molecule has 170 valence electrons. The van der Waals surface area contributed by atoms with Crippen LogP contribution in [0.25, 0.3) is 16.8 Å². The van der Waals surface area contributed by atoms with E-state index in [1.54, 1.807) is 13.8 Å². The topological polar surface area (TPSA) is 101 Å². The van der Waals surface area contributed by atoms with Crippen molar-refractivity contribution in [1.29, 1.82) is 5.26 Å². The molecule has 1 N–H and O–H groups in total. The lowest BCUT2D eigenvalue weighted by atomic mass is 10.1. The number of thiazole rings is 1. The van der Waals surface area contributed by atoms with E-state index in [4.69, 9.17) is 9.47 Å². The number of aromatic nitrogens is 1. The van der Waals surface area contributed by atoms with Crippen LogP contribution in [0.5, 0.6) is 0 Å². The molecule has 0 amide bonds. The lowest BCUT2D eigenvalue weighted by molar-refractivity contribution is 0.0527. The maximum Gasteiger partial charge on any atom is 0.348 e. The molecule has 2 aromatic heterocycles. The summed E-state index contributed by atoms with van der Waals surface area (Å²) >= 11 is 2.42. The highest BCUT2D eigenvalue weighted by atomic mass is 32.1. The number of nitriles is 1. The predicted octanol–water partition coefficient (Wildman–Crippen LogP) is 5.74. The smallest absolute Gasteiger partial charge is 0.348 e. The van der Waals surface area contributed by atoms with Crippen molar-refractivity contribution in [2.45, 2.75) is 27.7 Å². The van der Waals surface area contributed by atoms with Gasteiger partial charge in [0.1, 0.15) is 26.5 Å². The molecular formula is C24H23N3O4S2. The Morgan fingerprint density at radius 1 is 1.21 bits per heavy atom. The number of methoxy groups -OCH3 is 1. The Bertz CT molecular complexity index is 1280. The number of benzene rings is 1. The minimum atomic E-state index is -0.554. The van der Waals surface area contributed by atoms with Gasteiger partial charge >= 0.3 is 11.9 Å². The fourth-order valence-electron chi connectivity index (χ4n) is 3.06. The Hall–Kier alpha value is -3.48. The minimum absolute atomic E-state index is 0.195. The number of carbonyl (C=O) groups excluding carboxylic acids is 2. The van der Waals surface area contributed by atoms with Gasteiger partial charge in [0, 0.05) is 17.1 Å². The normalized spacial score (nSPS) is 11.1. The standard InChI is InChI=1S/C24H23N3O4S2/c1-6-31-23(28)19-15(4)20(24(29)30-5)33-22(19)26-11-17(10-25)21-27-18(12-32-21)16-8-7-13(2)14(3)9-16/h7-9,11-12,26H,6H2,1-5H3/b17-11+. The maximum atomic E-state index is 12.5. The first-order valence-electron chi connectivity index (χ1n) is 10.1. The van der Waals surface area contributed by atoms with E-state index in [1.165, 1.54) is 35.8 Å². The number of nitrogens with one attached hydrogen (secondary N) is 1. The van der Waals surface area contributed by atoms with E-state index in [0.29, 0.717) is 26.0 Å². The number of carbonyl (C=O) groups is 2. The number of thiophene rings is 1. The minimum Gasteiger partial charge on any atom is -0.465 e. The van der Waals surface area contributed by atoms with E-state index < -0.39 is 11.9 Å². The largest absolute Gasteiger partial charge is 0.465 e. The summed E-state index contributed by atoms with van der Waals surface area (Å²) in [5, 5.41) is 15.5. The molecule has 9 heteroatoms. The number of hydrogen-bond acceptors (Lipinski definition) is 9. The van der Waals surface area contributed by atoms with Crippen LogP contribution in [0.15, 0.2) is 29.8 Å². The van der Waals surface area contributed by atoms with Crippen molar-refractivity contribution < 1.29 is 19.1 Å². The van der Waals surface area contributed by atoms with Crippen LogP contribution in [0.4, 0.5) is 5.00 Å². The Balaban J connectivity index is 1.94. The predicted molar refractivity (Wildman–Crippen MR) is 131 cm³/mol. The average molecular weight is 482 g/mol. The zero-order valence-electron chi connectivity index (χ0n) is 18.9. The van der Waals surface area contributed by atoms with Crippen LogP contribution < -0.4 is 5.32 Å². The third-order valence-corrected chi connectivity index (χ3v) is 7.08. The molecule has 0 aliphatic heterocycles. The number of hydrogen-bond donors (Lipinski definition) is 1. The van der Waals surface area contributed by atoms with E-state index in [2.05, 4.69) is 29.4 Å². The molecule has 0 fully saturated rings. The Labute approximate surface area is 200 Å². The SMILES string of the molecule is CCOC(=O)c1c(N/C=C(\C#N)c2nc(-c3ccc(C)c(C)c3)cs2)sc(C(=O)OC)c1C. The number of anilines is 1. The van der Waals surface area contributed by atoms with Crippen molar-refractivity contribution in [2.24, 2.45) is 0 Å². The Morgan fingerprint density at radius 3 is 2.61 bits per heavy atom. The van der Waals surface area contributed by atoms with Crippen molar-refractivity contribution in [2.75, 3.05) is 19.0 Å². The number of allylic oxidation sites excluding steroid dienone is 1. The van der Waals surface area contributed by atoms with Crippen LogP contribution in [-0.4, -0.2) is 30.6 Å². The van der Waals surface area contributed by atoms with Crippen molar-refractivity contribution >= 4 is 45.2 Å². The summed E-state index contributed by atoms with van der Waals surface area (Å²) in [4.78, 5) is 29.5. The fourth-order valence-corrected chi connectivity index (χ4v) is 4.94. The number of rotatable bonds is 7. The molecule has 0 bridgehead atoms. The van der Waals surface area contributed by atoms with E-state index in [0.717, 1.165) is 22.6 Å². The quantitative estimate of drug-likeness (QED) is 0.339. The van der Waals surface area contributed by atoms with Crippen molar-refractivity contribution in [3.8, 4) is 17.3 Å². The van der Waals surface area contributed by atoms with Crippen molar-refractivity contribution in [3.05, 3.63) is 61.9 Å². The van der Waals surface area contributed by atoms with Crippen LogP contribution in [0, 0.1) is 32.1 Å². The molecule has 3 aromatic rings. The second kappa shape index (κ2) is 10.4. The van der Waals surface area contributed by atoms with E-state index in [1.807, 2.05) is 24.4 Å². The number of nitrogens with zero attached hydrogens (tertiary/aromatic N) is 2. The van der Waals surface area contributed by atoms with Gasteiger partial charge in [-0.1, -0.05) is 12.1 Å². The van der Waals surface area contributed by atoms with Gasteiger partial charge in [0.15, 0.2) is 0 Å². The Morgan fingerprint density at radius 2 is 1.97 bits per heavy atom. The van der Waals surface area contributed by atoms with Gasteiger partial charge in [-0.15, -0.1) is 22.7 Å². The summed E-state index contributed by atoms with van der Waals surface area (Å²) in [6.45, 7) is 7.66. The first-order valence-corrected chi connectivity index (χ1v) is 11.8. The fraction of sp³-hybridized carbons (Fsp3) is 0.250. The number of ether oxygens (including phenoxy) is 2. The molecule has 0 spiro atoms. The highest BCUT2D eigenvalue weighted by molar-refractivity contribution is 7.18. The van der Waals surface area contributed by atoms with Crippen LogP contribution in [0.1, 0.15) is 48.7 Å². The second-order valence-electron chi connectivity index (χ2n) is 7.12. The summed E-state index contributed by atoms with van der Waals surface area (Å²) < 4.78 is 9.96. The van der Waals surface area contributed by atoms with E-state index in [9.17, 15) is 14.9 Å². The molecule has 1 aromatic carbocycles. The zero-order chi connectivity index (χ0) is 24.1. The molecule has 2 heterocycles. The van der Waals surface area contributed by atoms with E-state index in [-0.39, 0.29) is 12.2 Å². The summed E-state index contributed by atoms with van der Waals surface area (Å²) in [5.74, 6) is -1.10. The number of aryl methyl sites for hydroxylation is 2. The van der Waals surface area contributed by atoms with Crippen molar-refractivity contribution in [1.82, 2.24) is 4.98 Å². The summed E-state index contributed by atoms with van der Waals surface area (Å²) in [7, 11) is 1.28. The molecule has 0 atom stereocenters. The van der Waals surface area contributed by atoms with Crippen LogP contribution >= 0.6 is 22.7 Å². The summed E-state index contributed by atoms with van der Waals surface area (Å²) in [6, 6.07) is 8.26. The van der Waals surface area contributed by atoms with Crippen LogP contribution in [0.3, 0.4) is 0 Å². The van der Waals surface area contributed by atoms with Gasteiger partial charge in [0.05, 0.1) is 25.0 Å². The lowest BCUT2D eigenvalue weighted by Gasteiger charge is -2.05. The molecule has 0 saturated carbocycles. The maximum absolute atomic E-state index is 12.5. The lowest BCUT2D eigenvalue weighted by Crippen LogP contribution is -2.08. The highest BCUT2D eigenvalue weighted by Crippen LogP contribution is 2.35. The zero-order valence-corrected chi connectivity index (χ0v) is 20.6. The second-order valence-corrected chi connectivity index (χ2v) is 9.00. The summed E-state index contributed by atoms with van der Waals surface area (Å²) in [5.41, 5.74) is 5.14. The highest BCUT2D eigenvalue weighted by Gasteiger charge is 2.26. The van der Waals surface area contributed by atoms with Gasteiger partial charge in [-0.2, -0.15) is 5.26 Å². The van der Waals surface area contributed by atoms with Gasteiger partial charge in [0.2, 0.25) is 0 Å². The van der Waals surface area contributed by atoms with Gasteiger partial charge in [-0.3, -0.25) is 0 Å². The first kappa shape index (κ1) is 24.2. The van der Waals surface area contributed by atoms with Crippen molar-refractivity contribution in [3.63, 3.8) is 0 Å². The van der Waals surface area contributed by atoms with Crippen LogP contribution in [-0.2, 0) is 9.47 Å². The first-order chi connectivity index (χ1) is 15.8. The number of esters is 2. The van der Waals surface area contributed by atoms with Gasteiger partial charge in [0.25, 0.3) is 0 Å². The molecule has 3 rings (SSSR count). The molecule has 0 aliphatic carbocycles. The molecular weight excluding hydrogens is 458 g/mol. The third-order valence-electron chi connectivity index (χ3n) is 5.00. The molecule has 0 aliphatic rings. The third kappa shape index (κ3) is 5.13. The molecule has 33 heavy (non-hydrogen) atoms. The average Bonchev–Trinajstić information content (AvgIpc) is 3.41. The van der Waals surface area contributed by atoms with E-state index >= 15 is 0 Å². The summed E-state index contributed by atoms with van der Waals surface area (Å²) in [6.07, 6.45) is 1.48.